The van der Waals surface area contributed by atoms with Crippen LogP contribution in [-0.4, -0.2) is 54.4 Å². The van der Waals surface area contributed by atoms with Gasteiger partial charge in [-0.1, -0.05) is 38.1 Å². The van der Waals surface area contributed by atoms with Crippen LogP contribution in [0.2, 0.25) is 0 Å². The normalized spacial score (nSPS) is 14.0. The third-order valence-corrected chi connectivity index (χ3v) is 8.45. The zero-order valence-electron chi connectivity index (χ0n) is 20.4. The zero-order valence-corrected chi connectivity index (χ0v) is 21.2. The lowest BCUT2D eigenvalue weighted by Crippen LogP contribution is -2.32. The Balaban J connectivity index is 1.53. The highest BCUT2D eigenvalue weighted by Crippen LogP contribution is 2.28. The van der Waals surface area contributed by atoms with Crippen LogP contribution in [0.1, 0.15) is 48.2 Å². The van der Waals surface area contributed by atoms with E-state index in [1.807, 2.05) is 48.9 Å². The van der Waals surface area contributed by atoms with Gasteiger partial charge in [0.15, 0.2) is 0 Å². The molecule has 1 saturated heterocycles. The van der Waals surface area contributed by atoms with Gasteiger partial charge in [0.25, 0.3) is 5.91 Å². The van der Waals surface area contributed by atoms with E-state index in [0.29, 0.717) is 25.2 Å². The number of nitrogens with one attached hydrogen (secondary N) is 1. The van der Waals surface area contributed by atoms with E-state index in [1.54, 1.807) is 24.7 Å². The van der Waals surface area contributed by atoms with E-state index in [0.717, 1.165) is 49.3 Å². The summed E-state index contributed by atoms with van der Waals surface area (Å²) in [6.07, 6.45) is 7.57. The molecular weight excluding hydrogens is 462 g/mol. The first-order chi connectivity index (χ1) is 16.9. The highest BCUT2D eigenvalue weighted by atomic mass is 32.2. The van der Waals surface area contributed by atoms with Gasteiger partial charge >= 0.3 is 0 Å². The average Bonchev–Trinajstić information content (AvgIpc) is 3.58. The topological polar surface area (TPSA) is 87.5 Å². The molecule has 186 valence electrons. The number of anilines is 1. The van der Waals surface area contributed by atoms with Gasteiger partial charge in [-0.25, -0.2) is 13.4 Å². The summed E-state index contributed by atoms with van der Waals surface area (Å²) in [6.45, 7) is 7.20. The molecule has 8 nitrogen and oxygen atoms in total. The number of nitrogens with zero attached hydrogens (tertiary/aromatic N) is 4. The van der Waals surface area contributed by atoms with Crippen LogP contribution < -0.4 is 10.2 Å². The van der Waals surface area contributed by atoms with Gasteiger partial charge < -0.3 is 14.8 Å². The first-order valence-corrected chi connectivity index (χ1v) is 13.6. The largest absolute Gasteiger partial charge is 0.371 e. The van der Waals surface area contributed by atoms with E-state index in [2.05, 4.69) is 15.2 Å². The smallest absolute Gasteiger partial charge is 0.253 e. The van der Waals surface area contributed by atoms with E-state index in [9.17, 15) is 13.2 Å². The number of imidazole rings is 1. The third-order valence-electron chi connectivity index (χ3n) is 6.40. The van der Waals surface area contributed by atoms with E-state index < -0.39 is 10.0 Å². The molecule has 0 spiro atoms. The van der Waals surface area contributed by atoms with Crippen molar-refractivity contribution in [2.24, 2.45) is 0 Å². The lowest BCUT2D eigenvalue weighted by Gasteiger charge is -2.23. The molecule has 1 aliphatic heterocycles. The summed E-state index contributed by atoms with van der Waals surface area (Å²) >= 11 is 0. The Morgan fingerprint density at radius 1 is 1.03 bits per heavy atom. The van der Waals surface area contributed by atoms with Gasteiger partial charge in [0, 0.05) is 57.3 Å². The SMILES string of the molecule is CCN(CC)S(=O)(=O)c1ccc(N2CCCC2)c(C(=O)NCc2ccc(Cn3ccnc3)cc2)c1. The van der Waals surface area contributed by atoms with Crippen LogP contribution in [0, 0.1) is 0 Å². The van der Waals surface area contributed by atoms with Crippen LogP contribution in [0.4, 0.5) is 5.69 Å². The minimum atomic E-state index is -3.66. The summed E-state index contributed by atoms with van der Waals surface area (Å²) in [5.41, 5.74) is 3.30. The van der Waals surface area contributed by atoms with Crippen LogP contribution in [0.25, 0.3) is 0 Å². The molecular formula is C26H33N5O3S. The lowest BCUT2D eigenvalue weighted by molar-refractivity contribution is 0.0951. The van der Waals surface area contributed by atoms with Crippen LogP contribution in [0.5, 0.6) is 0 Å². The molecule has 2 heterocycles. The Kier molecular flexibility index (Phi) is 7.87. The van der Waals surface area contributed by atoms with Crippen molar-refractivity contribution in [3.8, 4) is 0 Å². The van der Waals surface area contributed by atoms with Gasteiger partial charge in [-0.15, -0.1) is 0 Å². The fourth-order valence-electron chi connectivity index (χ4n) is 4.44. The summed E-state index contributed by atoms with van der Waals surface area (Å²) in [6, 6.07) is 13.0. The summed E-state index contributed by atoms with van der Waals surface area (Å²) in [5, 5.41) is 2.99. The molecule has 1 fully saturated rings. The second kappa shape index (κ2) is 11.0. The quantitative estimate of drug-likeness (QED) is 0.465. The van der Waals surface area contributed by atoms with E-state index in [1.165, 1.54) is 10.4 Å². The Bertz CT molecular complexity index is 1230. The lowest BCUT2D eigenvalue weighted by atomic mass is 10.1. The first kappa shape index (κ1) is 24.9. The van der Waals surface area contributed by atoms with Gasteiger partial charge in [0.2, 0.25) is 10.0 Å². The summed E-state index contributed by atoms with van der Waals surface area (Å²) in [5.74, 6) is -0.272. The minimum Gasteiger partial charge on any atom is -0.371 e. The van der Waals surface area contributed by atoms with Crippen molar-refractivity contribution in [2.45, 2.75) is 44.7 Å². The summed E-state index contributed by atoms with van der Waals surface area (Å²) in [7, 11) is -3.66. The maximum absolute atomic E-state index is 13.3. The number of hydrogen-bond acceptors (Lipinski definition) is 5. The molecule has 1 amide bonds. The molecule has 1 aromatic heterocycles. The number of sulfonamides is 1. The van der Waals surface area contributed by atoms with Crippen LogP contribution in [-0.2, 0) is 23.1 Å². The van der Waals surface area contributed by atoms with Gasteiger partial charge in [0.1, 0.15) is 0 Å². The highest BCUT2D eigenvalue weighted by Gasteiger charge is 2.26. The van der Waals surface area contributed by atoms with Crippen molar-refractivity contribution in [3.05, 3.63) is 77.9 Å². The fraction of sp³-hybridized carbons (Fsp3) is 0.385. The Morgan fingerprint density at radius 3 is 2.34 bits per heavy atom. The number of carbonyl (C=O) groups excluding carboxylic acids is 1. The van der Waals surface area contributed by atoms with Gasteiger partial charge in [0.05, 0.1) is 16.8 Å². The molecule has 9 heteroatoms. The second-order valence-electron chi connectivity index (χ2n) is 8.70. The molecule has 3 aromatic rings. The number of aromatic nitrogens is 2. The Morgan fingerprint density at radius 2 is 1.71 bits per heavy atom. The minimum absolute atomic E-state index is 0.151. The average molecular weight is 496 g/mol. The van der Waals surface area contributed by atoms with Crippen LogP contribution >= 0.6 is 0 Å². The van der Waals surface area contributed by atoms with Crippen molar-refractivity contribution in [2.75, 3.05) is 31.1 Å². The van der Waals surface area contributed by atoms with Gasteiger partial charge in [-0.2, -0.15) is 4.31 Å². The molecule has 0 atom stereocenters. The molecule has 2 aromatic carbocycles. The van der Waals surface area contributed by atoms with Gasteiger partial charge in [-0.05, 0) is 42.2 Å². The summed E-state index contributed by atoms with van der Waals surface area (Å²) < 4.78 is 29.6. The molecule has 1 N–H and O–H groups in total. The van der Waals surface area contributed by atoms with Crippen LogP contribution in [0.15, 0.2) is 66.1 Å². The molecule has 35 heavy (non-hydrogen) atoms. The van der Waals surface area contributed by atoms with Crippen molar-refractivity contribution in [1.82, 2.24) is 19.2 Å². The van der Waals surface area contributed by atoms with Crippen molar-refractivity contribution in [1.29, 1.82) is 0 Å². The predicted octanol–water partition coefficient (Wildman–Crippen LogP) is 3.49. The van der Waals surface area contributed by atoms with E-state index in [4.69, 9.17) is 0 Å². The first-order valence-electron chi connectivity index (χ1n) is 12.1. The van der Waals surface area contributed by atoms with Crippen molar-refractivity contribution >= 4 is 21.6 Å². The van der Waals surface area contributed by atoms with E-state index >= 15 is 0 Å². The standard InChI is InChI=1S/C26H33N5O3S/c1-3-31(4-2)35(33,34)23-11-12-25(30-14-5-6-15-30)24(17-23)26(32)28-18-21-7-9-22(10-8-21)19-29-16-13-27-20-29/h7-13,16-17,20H,3-6,14-15,18-19H2,1-2H3,(H,28,32). The maximum atomic E-state index is 13.3. The van der Waals surface area contributed by atoms with Crippen molar-refractivity contribution < 1.29 is 13.2 Å². The molecule has 0 radical (unpaired) electrons. The molecule has 0 saturated carbocycles. The monoisotopic (exact) mass is 495 g/mol. The molecule has 0 unspecified atom stereocenters. The predicted molar refractivity (Wildman–Crippen MR) is 137 cm³/mol. The summed E-state index contributed by atoms with van der Waals surface area (Å²) in [4.78, 5) is 19.7. The Hall–Kier alpha value is -3.17. The molecule has 4 rings (SSSR count). The number of hydrogen-bond donors (Lipinski definition) is 1. The van der Waals surface area contributed by atoms with Gasteiger partial charge in [-0.3, -0.25) is 4.79 Å². The highest BCUT2D eigenvalue weighted by molar-refractivity contribution is 7.89. The number of amides is 1. The number of carbonyl (C=O) groups is 1. The molecule has 0 bridgehead atoms. The van der Waals surface area contributed by atoms with Crippen LogP contribution in [0.3, 0.4) is 0 Å². The Labute approximate surface area is 207 Å². The van der Waals surface area contributed by atoms with E-state index in [-0.39, 0.29) is 10.8 Å². The maximum Gasteiger partial charge on any atom is 0.253 e. The fourth-order valence-corrected chi connectivity index (χ4v) is 5.92. The number of rotatable bonds is 10. The second-order valence-corrected chi connectivity index (χ2v) is 10.6. The molecule has 1 aliphatic rings. The number of benzene rings is 2. The zero-order chi connectivity index (χ0) is 24.8. The molecule has 0 aliphatic carbocycles. The third kappa shape index (κ3) is 5.74. The van der Waals surface area contributed by atoms with Crippen molar-refractivity contribution in [3.63, 3.8) is 0 Å².